The van der Waals surface area contributed by atoms with Crippen LogP contribution in [0, 0.1) is 6.92 Å². The van der Waals surface area contributed by atoms with Gasteiger partial charge >= 0.3 is 5.97 Å². The van der Waals surface area contributed by atoms with Crippen LogP contribution < -0.4 is 15.6 Å². The number of nitrogens with one attached hydrogen (secondary N) is 1. The number of ether oxygens (including phenoxy) is 2. The minimum atomic E-state index is -1.16. The lowest BCUT2D eigenvalue weighted by atomic mass is 10.2. The number of carbonyl (C=O) groups excluding carboxylic acids is 2. The van der Waals surface area contributed by atoms with Crippen LogP contribution in [0.25, 0.3) is 15.8 Å². The van der Waals surface area contributed by atoms with Crippen LogP contribution in [0.3, 0.4) is 0 Å². The molecular formula is C24H22ClN3O5S. The van der Waals surface area contributed by atoms with Gasteiger partial charge in [0.2, 0.25) is 0 Å². The predicted molar refractivity (Wildman–Crippen MR) is 133 cm³/mol. The quantitative estimate of drug-likeness (QED) is 0.393. The first-order valence-electron chi connectivity index (χ1n) is 10.3. The fourth-order valence-corrected chi connectivity index (χ4v) is 4.93. The second kappa shape index (κ2) is 9.36. The molecule has 0 saturated heterocycles. The van der Waals surface area contributed by atoms with Gasteiger partial charge in [0.15, 0.2) is 6.10 Å². The highest BCUT2D eigenvalue weighted by Crippen LogP contribution is 2.37. The molecule has 0 aliphatic heterocycles. The average Bonchev–Trinajstić information content (AvgIpc) is 3.27. The number of aromatic nitrogens is 2. The first-order valence-corrected chi connectivity index (χ1v) is 11.5. The summed E-state index contributed by atoms with van der Waals surface area (Å²) >= 11 is 7.53. The molecule has 2 aromatic heterocycles. The van der Waals surface area contributed by atoms with Gasteiger partial charge < -0.3 is 14.8 Å². The van der Waals surface area contributed by atoms with Gasteiger partial charge in [-0.3, -0.25) is 14.3 Å². The molecule has 2 heterocycles. The monoisotopic (exact) mass is 499 g/mol. The van der Waals surface area contributed by atoms with Crippen LogP contribution in [-0.2, 0) is 16.6 Å². The number of benzene rings is 2. The molecule has 2 aromatic carbocycles. The molecule has 0 bridgehead atoms. The average molecular weight is 500 g/mol. The summed E-state index contributed by atoms with van der Waals surface area (Å²) in [5.74, 6) is -0.713. The molecule has 1 unspecified atom stereocenters. The summed E-state index contributed by atoms with van der Waals surface area (Å²) in [6.45, 7) is 3.16. The molecule has 10 heteroatoms. The van der Waals surface area contributed by atoms with E-state index < -0.39 is 18.0 Å². The topological polar surface area (TPSA) is 91.6 Å². The number of thiophene rings is 1. The molecule has 4 aromatic rings. The second-order valence-corrected chi connectivity index (χ2v) is 9.01. The Kier molecular flexibility index (Phi) is 6.49. The van der Waals surface area contributed by atoms with Gasteiger partial charge in [0.05, 0.1) is 23.5 Å². The van der Waals surface area contributed by atoms with E-state index in [4.69, 9.17) is 21.1 Å². The highest BCUT2D eigenvalue weighted by molar-refractivity contribution is 7.21. The van der Waals surface area contributed by atoms with Gasteiger partial charge in [-0.15, -0.1) is 11.3 Å². The van der Waals surface area contributed by atoms with Crippen LogP contribution in [0.15, 0.2) is 53.3 Å². The summed E-state index contributed by atoms with van der Waals surface area (Å²) in [6.07, 6.45) is -1.16. The summed E-state index contributed by atoms with van der Waals surface area (Å²) < 4.78 is 14.4. The number of anilines is 1. The second-order valence-electron chi connectivity index (χ2n) is 7.58. The Hall–Kier alpha value is -3.56. The van der Waals surface area contributed by atoms with E-state index in [0.717, 1.165) is 16.0 Å². The Balaban J connectivity index is 1.53. The van der Waals surface area contributed by atoms with Crippen molar-refractivity contribution >= 4 is 50.6 Å². The van der Waals surface area contributed by atoms with Crippen molar-refractivity contribution in [2.24, 2.45) is 7.05 Å². The summed E-state index contributed by atoms with van der Waals surface area (Å²) in [7, 11) is 3.27. The zero-order chi connectivity index (χ0) is 24.6. The summed E-state index contributed by atoms with van der Waals surface area (Å²) in [5.41, 5.74) is 0.946. The smallest absolute Gasteiger partial charge is 0.350 e. The Morgan fingerprint density at radius 1 is 1.15 bits per heavy atom. The van der Waals surface area contributed by atoms with Gasteiger partial charge in [0, 0.05) is 17.1 Å². The minimum absolute atomic E-state index is 0.117. The molecule has 1 atom stereocenters. The zero-order valence-corrected chi connectivity index (χ0v) is 20.5. The van der Waals surface area contributed by atoms with E-state index in [0.29, 0.717) is 22.5 Å². The van der Waals surface area contributed by atoms with E-state index in [2.05, 4.69) is 5.32 Å². The third-order valence-electron chi connectivity index (χ3n) is 5.48. The number of nitrogens with zero attached hydrogens (tertiary/aromatic N) is 2. The molecule has 0 fully saturated rings. The standard InChI is InChI=1S/C24H22ClN3O5S/c1-13-20(23(30)28(27(13)3)15-8-6-5-7-9-15)26-22(29)14(2)33-24(31)21-19(25)17-11-10-16(32-4)12-18(17)34-21/h5-12,14H,1-4H3,(H,26,29). The minimum Gasteiger partial charge on any atom is -0.497 e. The van der Waals surface area contributed by atoms with Crippen molar-refractivity contribution in [2.45, 2.75) is 20.0 Å². The molecule has 0 saturated carbocycles. The third-order valence-corrected chi connectivity index (χ3v) is 7.11. The Morgan fingerprint density at radius 2 is 1.85 bits per heavy atom. The number of hydrogen-bond acceptors (Lipinski definition) is 6. The molecule has 0 aliphatic carbocycles. The Labute approximate surface area is 204 Å². The van der Waals surface area contributed by atoms with Crippen LogP contribution >= 0.6 is 22.9 Å². The van der Waals surface area contributed by atoms with Gasteiger partial charge in [-0.05, 0) is 44.2 Å². The Bertz CT molecular complexity index is 1460. The van der Waals surface area contributed by atoms with Gasteiger partial charge in [-0.2, -0.15) is 0 Å². The van der Waals surface area contributed by atoms with Crippen LogP contribution in [0.5, 0.6) is 5.75 Å². The molecular weight excluding hydrogens is 478 g/mol. The number of carbonyl (C=O) groups is 2. The van der Waals surface area contributed by atoms with E-state index in [1.165, 1.54) is 11.6 Å². The SMILES string of the molecule is COc1ccc2c(Cl)c(C(=O)OC(C)C(=O)Nc3c(C)n(C)n(-c4ccccc4)c3=O)sc2c1. The van der Waals surface area contributed by atoms with Crippen LogP contribution in [0.2, 0.25) is 5.02 Å². The number of halogens is 1. The molecule has 0 spiro atoms. The Morgan fingerprint density at radius 3 is 2.53 bits per heavy atom. The van der Waals surface area contributed by atoms with Crippen molar-refractivity contribution in [3.05, 3.63) is 74.5 Å². The number of amides is 1. The molecule has 0 aliphatic rings. The maximum atomic E-state index is 13.0. The molecule has 176 valence electrons. The highest BCUT2D eigenvalue weighted by Gasteiger charge is 2.26. The van der Waals surface area contributed by atoms with Gasteiger partial charge in [0.1, 0.15) is 16.3 Å². The first-order chi connectivity index (χ1) is 16.2. The molecule has 1 amide bonds. The summed E-state index contributed by atoms with van der Waals surface area (Å²) in [5, 5.41) is 3.55. The number of methoxy groups -OCH3 is 1. The van der Waals surface area contributed by atoms with Gasteiger partial charge in [0.25, 0.3) is 11.5 Å². The lowest BCUT2D eigenvalue weighted by Crippen LogP contribution is -2.32. The molecule has 0 radical (unpaired) electrons. The van der Waals surface area contributed by atoms with Gasteiger partial charge in [-0.25, -0.2) is 9.48 Å². The largest absolute Gasteiger partial charge is 0.497 e. The number of rotatable bonds is 6. The molecule has 8 nitrogen and oxygen atoms in total. The van der Waals surface area contributed by atoms with Crippen LogP contribution in [0.1, 0.15) is 22.3 Å². The van der Waals surface area contributed by atoms with Gasteiger partial charge in [-0.1, -0.05) is 29.8 Å². The number of fused-ring (bicyclic) bond motifs is 1. The highest BCUT2D eigenvalue weighted by atomic mass is 35.5. The number of esters is 1. The lowest BCUT2D eigenvalue weighted by molar-refractivity contribution is -0.123. The van der Waals surface area contributed by atoms with E-state index in [-0.39, 0.29) is 21.1 Å². The van der Waals surface area contributed by atoms with E-state index in [1.807, 2.05) is 18.2 Å². The van der Waals surface area contributed by atoms with Crippen molar-refractivity contribution in [3.8, 4) is 11.4 Å². The third kappa shape index (κ3) is 4.20. The van der Waals surface area contributed by atoms with Crippen LogP contribution in [0.4, 0.5) is 5.69 Å². The van der Waals surface area contributed by atoms with Crippen molar-refractivity contribution in [1.29, 1.82) is 0 Å². The zero-order valence-electron chi connectivity index (χ0n) is 18.9. The van der Waals surface area contributed by atoms with Crippen molar-refractivity contribution in [3.63, 3.8) is 0 Å². The predicted octanol–water partition coefficient (Wildman–Crippen LogP) is 4.55. The lowest BCUT2D eigenvalue weighted by Gasteiger charge is -2.12. The first kappa shape index (κ1) is 23.6. The van der Waals surface area contributed by atoms with Crippen molar-refractivity contribution in [1.82, 2.24) is 9.36 Å². The maximum Gasteiger partial charge on any atom is 0.350 e. The van der Waals surface area contributed by atoms with E-state index in [9.17, 15) is 14.4 Å². The fourth-order valence-electron chi connectivity index (χ4n) is 3.51. The van der Waals surface area contributed by atoms with E-state index in [1.54, 1.807) is 56.1 Å². The fraction of sp³-hybridized carbons (Fsp3) is 0.208. The summed E-state index contributed by atoms with van der Waals surface area (Å²) in [6, 6.07) is 14.4. The number of para-hydroxylation sites is 1. The number of hydrogen-bond donors (Lipinski definition) is 1. The van der Waals surface area contributed by atoms with E-state index >= 15 is 0 Å². The summed E-state index contributed by atoms with van der Waals surface area (Å²) in [4.78, 5) is 38.7. The normalized spacial score (nSPS) is 11.9. The molecule has 1 N–H and O–H groups in total. The van der Waals surface area contributed by atoms with Crippen LogP contribution in [-0.4, -0.2) is 34.5 Å². The molecule has 34 heavy (non-hydrogen) atoms. The maximum absolute atomic E-state index is 13.0. The molecule has 4 rings (SSSR count). The van der Waals surface area contributed by atoms with Crippen molar-refractivity contribution < 1.29 is 19.1 Å². The van der Waals surface area contributed by atoms with Crippen molar-refractivity contribution in [2.75, 3.05) is 12.4 Å².